The Labute approximate surface area is 108 Å². The smallest absolute Gasteiger partial charge is 0.0618 e. The van der Waals surface area contributed by atoms with E-state index in [9.17, 15) is 0 Å². The lowest BCUT2D eigenvalue weighted by atomic mass is 9.98. The monoisotopic (exact) mass is 238 g/mol. The molecule has 92 valence electrons. The molecule has 0 aliphatic carbocycles. The summed E-state index contributed by atoms with van der Waals surface area (Å²) in [6.07, 6.45) is 1.82. The van der Waals surface area contributed by atoms with Crippen LogP contribution in [0, 0.1) is 6.92 Å². The normalized spacial score (nSPS) is 11.6. The minimum Gasteiger partial charge on any atom is -0.392 e. The first kappa shape index (κ1) is 12.6. The molecule has 1 heteroatoms. The molecule has 0 spiro atoms. The number of benzene rings is 2. The van der Waals surface area contributed by atoms with Gasteiger partial charge < -0.3 is 5.11 Å². The Morgan fingerprint density at radius 2 is 1.72 bits per heavy atom. The van der Waals surface area contributed by atoms with Crippen LogP contribution in [0.3, 0.4) is 0 Å². The lowest BCUT2D eigenvalue weighted by molar-refractivity contribution is 0.343. The third kappa shape index (κ3) is 2.69. The summed E-state index contributed by atoms with van der Waals surface area (Å²) in [5.41, 5.74) is 6.05. The summed E-state index contributed by atoms with van der Waals surface area (Å²) in [6.45, 7) is 4.23. The van der Waals surface area contributed by atoms with Crippen molar-refractivity contribution < 1.29 is 5.11 Å². The second-order valence-corrected chi connectivity index (χ2v) is 4.46. The molecule has 0 fully saturated rings. The molecule has 0 unspecified atom stereocenters. The van der Waals surface area contributed by atoms with Gasteiger partial charge in [-0.15, -0.1) is 0 Å². The van der Waals surface area contributed by atoms with E-state index in [1.54, 1.807) is 0 Å². The van der Waals surface area contributed by atoms with Crippen LogP contribution in [0.4, 0.5) is 0 Å². The van der Waals surface area contributed by atoms with Crippen molar-refractivity contribution in [3.8, 4) is 11.1 Å². The number of aliphatic hydroxyl groups is 1. The molecule has 2 aromatic rings. The van der Waals surface area contributed by atoms with E-state index in [-0.39, 0.29) is 6.61 Å². The molecule has 0 atom stereocenters. The van der Waals surface area contributed by atoms with Gasteiger partial charge in [0.25, 0.3) is 0 Å². The molecule has 0 saturated carbocycles. The third-order valence-corrected chi connectivity index (χ3v) is 3.19. The number of aliphatic hydroxyl groups excluding tert-OH is 1. The summed E-state index contributed by atoms with van der Waals surface area (Å²) in [5, 5.41) is 8.89. The summed E-state index contributed by atoms with van der Waals surface area (Å²) in [4.78, 5) is 0. The van der Waals surface area contributed by atoms with Gasteiger partial charge in [0, 0.05) is 0 Å². The molecule has 1 nitrogen and oxygen atoms in total. The molecule has 0 amide bonds. The molecular weight excluding hydrogens is 220 g/mol. The van der Waals surface area contributed by atoms with Crippen LogP contribution < -0.4 is 0 Å². The zero-order valence-electron chi connectivity index (χ0n) is 10.9. The fourth-order valence-electron chi connectivity index (χ4n) is 2.06. The lowest BCUT2D eigenvalue weighted by Gasteiger charge is -2.07. The van der Waals surface area contributed by atoms with Gasteiger partial charge in [-0.3, -0.25) is 0 Å². The van der Waals surface area contributed by atoms with Crippen molar-refractivity contribution in [3.05, 3.63) is 65.7 Å². The van der Waals surface area contributed by atoms with E-state index in [4.69, 9.17) is 5.11 Å². The van der Waals surface area contributed by atoms with E-state index >= 15 is 0 Å². The molecule has 2 rings (SSSR count). The maximum atomic E-state index is 8.89. The maximum Gasteiger partial charge on any atom is 0.0618 e. The standard InChI is InChI=1S/C17H18O/c1-13(11-12-18)15-7-9-16(10-8-15)17-6-4-3-5-14(17)2/h3-11,18H,12H2,1-2H3. The lowest BCUT2D eigenvalue weighted by Crippen LogP contribution is -1.85. The van der Waals surface area contributed by atoms with E-state index in [2.05, 4.69) is 55.5 Å². The zero-order valence-corrected chi connectivity index (χ0v) is 10.9. The van der Waals surface area contributed by atoms with Crippen molar-refractivity contribution in [1.82, 2.24) is 0 Å². The third-order valence-electron chi connectivity index (χ3n) is 3.19. The van der Waals surface area contributed by atoms with Gasteiger partial charge in [-0.25, -0.2) is 0 Å². The molecule has 0 bridgehead atoms. The Kier molecular flexibility index (Phi) is 3.96. The minimum absolute atomic E-state index is 0.0887. The van der Waals surface area contributed by atoms with Gasteiger partial charge in [0.1, 0.15) is 0 Å². The molecule has 0 aliphatic heterocycles. The predicted octanol–water partition coefficient (Wildman–Crippen LogP) is 4.06. The van der Waals surface area contributed by atoms with E-state index in [1.807, 2.05) is 13.0 Å². The average molecular weight is 238 g/mol. The second-order valence-electron chi connectivity index (χ2n) is 4.46. The van der Waals surface area contributed by atoms with Gasteiger partial charge >= 0.3 is 0 Å². The largest absolute Gasteiger partial charge is 0.392 e. The number of allylic oxidation sites excluding steroid dienone is 1. The Balaban J connectivity index is 2.34. The highest BCUT2D eigenvalue weighted by molar-refractivity contribution is 5.71. The van der Waals surface area contributed by atoms with Crippen molar-refractivity contribution in [1.29, 1.82) is 0 Å². The number of aryl methyl sites for hydroxylation is 1. The molecular formula is C17H18O. The Morgan fingerprint density at radius 3 is 2.33 bits per heavy atom. The van der Waals surface area contributed by atoms with Gasteiger partial charge in [0.2, 0.25) is 0 Å². The molecule has 0 heterocycles. The first-order valence-electron chi connectivity index (χ1n) is 6.16. The van der Waals surface area contributed by atoms with Crippen LogP contribution in [0.15, 0.2) is 54.6 Å². The summed E-state index contributed by atoms with van der Waals surface area (Å²) in [6, 6.07) is 16.8. The predicted molar refractivity (Wildman–Crippen MR) is 77.4 cm³/mol. The van der Waals surface area contributed by atoms with Crippen LogP contribution in [0.1, 0.15) is 18.1 Å². The fraction of sp³-hybridized carbons (Fsp3) is 0.176. The van der Waals surface area contributed by atoms with E-state index < -0.39 is 0 Å². The van der Waals surface area contributed by atoms with Crippen molar-refractivity contribution in [2.45, 2.75) is 13.8 Å². The Hall–Kier alpha value is -1.86. The first-order valence-corrected chi connectivity index (χ1v) is 6.16. The quantitative estimate of drug-likeness (QED) is 0.855. The number of rotatable bonds is 3. The fourth-order valence-corrected chi connectivity index (χ4v) is 2.06. The van der Waals surface area contributed by atoms with Gasteiger partial charge in [-0.1, -0.05) is 54.6 Å². The molecule has 2 aromatic carbocycles. The van der Waals surface area contributed by atoms with Crippen LogP contribution >= 0.6 is 0 Å². The summed E-state index contributed by atoms with van der Waals surface area (Å²) >= 11 is 0. The molecule has 18 heavy (non-hydrogen) atoms. The van der Waals surface area contributed by atoms with Crippen molar-refractivity contribution in [2.24, 2.45) is 0 Å². The van der Waals surface area contributed by atoms with Gasteiger partial charge in [0.15, 0.2) is 0 Å². The van der Waals surface area contributed by atoms with Crippen molar-refractivity contribution in [3.63, 3.8) is 0 Å². The van der Waals surface area contributed by atoms with Gasteiger partial charge in [-0.2, -0.15) is 0 Å². The Bertz CT molecular complexity index is 550. The first-order chi connectivity index (χ1) is 8.72. The zero-order chi connectivity index (χ0) is 13.0. The highest BCUT2D eigenvalue weighted by Gasteiger charge is 2.01. The molecule has 0 radical (unpaired) electrons. The summed E-state index contributed by atoms with van der Waals surface area (Å²) < 4.78 is 0. The molecule has 0 aromatic heterocycles. The van der Waals surface area contributed by atoms with Gasteiger partial charge in [-0.05, 0) is 41.7 Å². The van der Waals surface area contributed by atoms with E-state index in [0.29, 0.717) is 0 Å². The van der Waals surface area contributed by atoms with Crippen LogP contribution in [0.5, 0.6) is 0 Å². The summed E-state index contributed by atoms with van der Waals surface area (Å²) in [5.74, 6) is 0. The SMILES string of the molecule is CC(=CCO)c1ccc(-c2ccccc2C)cc1. The van der Waals surface area contributed by atoms with E-state index in [0.717, 1.165) is 11.1 Å². The second kappa shape index (κ2) is 5.65. The highest BCUT2D eigenvalue weighted by Crippen LogP contribution is 2.24. The van der Waals surface area contributed by atoms with Crippen LogP contribution in [0.25, 0.3) is 16.7 Å². The number of hydrogen-bond acceptors (Lipinski definition) is 1. The average Bonchev–Trinajstić information content (AvgIpc) is 2.40. The molecule has 1 N–H and O–H groups in total. The van der Waals surface area contributed by atoms with Crippen LogP contribution in [0.2, 0.25) is 0 Å². The Morgan fingerprint density at radius 1 is 1.06 bits per heavy atom. The number of hydrogen-bond donors (Lipinski definition) is 1. The molecule has 0 aliphatic rings. The maximum absolute atomic E-state index is 8.89. The van der Waals surface area contributed by atoms with Crippen LogP contribution in [-0.2, 0) is 0 Å². The van der Waals surface area contributed by atoms with Crippen molar-refractivity contribution in [2.75, 3.05) is 6.61 Å². The highest BCUT2D eigenvalue weighted by atomic mass is 16.2. The van der Waals surface area contributed by atoms with E-state index in [1.165, 1.54) is 16.7 Å². The van der Waals surface area contributed by atoms with Crippen molar-refractivity contribution >= 4 is 5.57 Å². The van der Waals surface area contributed by atoms with Gasteiger partial charge in [0.05, 0.1) is 6.61 Å². The topological polar surface area (TPSA) is 20.2 Å². The summed E-state index contributed by atoms with van der Waals surface area (Å²) in [7, 11) is 0. The molecule has 0 saturated heterocycles. The minimum atomic E-state index is 0.0887. The van der Waals surface area contributed by atoms with Crippen LogP contribution in [-0.4, -0.2) is 11.7 Å².